The quantitative estimate of drug-likeness (QED) is 0.0338. The minimum Gasteiger partial charge on any atom is -0.396 e. The lowest BCUT2D eigenvalue weighted by Gasteiger charge is -2.61. The monoisotopic (exact) mass is 1170 g/mol. The highest BCUT2D eigenvalue weighted by Crippen LogP contribution is 2.68. The highest BCUT2D eigenvalue weighted by atomic mass is 16.5. The van der Waals surface area contributed by atoms with Gasteiger partial charge < -0.3 is 49.8 Å². The van der Waals surface area contributed by atoms with Gasteiger partial charge in [-0.25, -0.2) is 0 Å². The number of methoxy groups -OCH3 is 1. The Balaban J connectivity index is 1.03. The molecule has 0 radical (unpaired) electrons. The smallest absolute Gasteiger partial charge is 0.239 e. The predicted octanol–water partition coefficient (Wildman–Crippen LogP) is 11.5. The van der Waals surface area contributed by atoms with Crippen molar-refractivity contribution in [2.75, 3.05) is 92.7 Å². The van der Waals surface area contributed by atoms with Gasteiger partial charge in [-0.3, -0.25) is 24.0 Å². The first kappa shape index (κ1) is 70.7. The molecule has 11 atom stereocenters. The van der Waals surface area contributed by atoms with Crippen molar-refractivity contribution < 1.29 is 48.0 Å². The third kappa shape index (κ3) is 23.8. The zero-order chi connectivity index (χ0) is 59.7. The van der Waals surface area contributed by atoms with Crippen LogP contribution in [0.5, 0.6) is 0 Å². The number of carbonyl (C=O) groups excluding carboxylic acids is 5. The summed E-state index contributed by atoms with van der Waals surface area (Å²) in [4.78, 5) is 70.5. The molecule has 15 heteroatoms. The van der Waals surface area contributed by atoms with E-state index < -0.39 is 0 Å². The Bertz CT molecular complexity index is 1890. The van der Waals surface area contributed by atoms with E-state index in [2.05, 4.69) is 62.7 Å². The number of fused-ring (bicyclic) bond motifs is 5. The summed E-state index contributed by atoms with van der Waals surface area (Å²) in [5.74, 6) is 3.26. The molecule has 0 bridgehead atoms. The molecule has 0 aromatic heterocycles. The number of nitrogens with zero attached hydrogens (tertiary/aromatic N) is 2. The number of hydrogen-bond donors (Lipinski definition) is 4. The van der Waals surface area contributed by atoms with Gasteiger partial charge in [-0.2, -0.15) is 0 Å². The fourth-order valence-electron chi connectivity index (χ4n) is 16.1. The van der Waals surface area contributed by atoms with Crippen molar-refractivity contribution in [3.63, 3.8) is 0 Å². The second-order valence-corrected chi connectivity index (χ2v) is 26.8. The van der Waals surface area contributed by atoms with E-state index in [4.69, 9.17) is 18.9 Å². The minimum atomic E-state index is -0.332. The number of likely N-dealkylation sites (tertiary alicyclic amines) is 1. The molecule has 0 aromatic carbocycles. The van der Waals surface area contributed by atoms with Gasteiger partial charge >= 0.3 is 0 Å². The van der Waals surface area contributed by atoms with E-state index in [0.717, 1.165) is 56.8 Å². The van der Waals surface area contributed by atoms with E-state index in [1.807, 2.05) is 4.90 Å². The first-order valence-electron chi connectivity index (χ1n) is 34.2. The molecule has 4 saturated carbocycles. The van der Waals surface area contributed by atoms with Crippen LogP contribution in [0.2, 0.25) is 0 Å². The highest BCUT2D eigenvalue weighted by molar-refractivity contribution is 5.89. The first-order valence-corrected chi connectivity index (χ1v) is 34.2. The van der Waals surface area contributed by atoms with Crippen molar-refractivity contribution in [2.45, 2.75) is 246 Å². The standard InChI is InChI=1S/C68H121N5O10/c1-7-9-10-11-12-13-14-15-16-17-18-19-20-21-23-26-62(75)71-56-34-36-67(4)55(47-56)29-30-58-60-32-31-59(68(60,5)37-35-61(58)67)53(3)28-33-65(78)72(50-64(77)70-39-41-82-43-45-83-44-42-81-40-8-2)49-63(76)69-38-25-22-24-27-66(79)73-48-54(51-74)46-57(73)52-80-6/h15-16,53-61,74H,7-14,17-52H2,1-6H3,(H,69,76)(H,70,77)(H,71,75)/b16-15-/t53-,54-,55?,56+,57+,58?,59-,60?,61?,67+,68-/m1/s1. The molecular formula is C68H121N5O10. The summed E-state index contributed by atoms with van der Waals surface area (Å²) in [5.41, 5.74) is 0.558. The van der Waals surface area contributed by atoms with Gasteiger partial charge in [0.25, 0.3) is 0 Å². The number of allylic oxidation sites excluding steroid dienone is 2. The Labute approximate surface area is 504 Å². The maximum Gasteiger partial charge on any atom is 0.239 e. The molecule has 0 aromatic rings. The average Bonchev–Trinajstić information content (AvgIpc) is 2.73. The van der Waals surface area contributed by atoms with Crippen molar-refractivity contribution in [3.8, 4) is 0 Å². The predicted molar refractivity (Wildman–Crippen MR) is 331 cm³/mol. The maximum absolute atomic E-state index is 14.2. The molecule has 5 rings (SSSR count). The van der Waals surface area contributed by atoms with Gasteiger partial charge in [0.15, 0.2) is 0 Å². The van der Waals surface area contributed by atoms with E-state index in [0.29, 0.717) is 127 Å². The molecule has 5 fully saturated rings. The lowest BCUT2D eigenvalue weighted by atomic mass is 9.44. The lowest BCUT2D eigenvalue weighted by Crippen LogP contribution is -2.55. The molecule has 1 aliphatic heterocycles. The first-order chi connectivity index (χ1) is 40.3. The second-order valence-electron chi connectivity index (χ2n) is 26.8. The van der Waals surface area contributed by atoms with Crippen LogP contribution in [0.3, 0.4) is 0 Å². The number of hydrogen-bond acceptors (Lipinski definition) is 10. The van der Waals surface area contributed by atoms with E-state index in [1.54, 1.807) is 7.11 Å². The van der Waals surface area contributed by atoms with Crippen LogP contribution < -0.4 is 16.0 Å². The van der Waals surface area contributed by atoms with Crippen LogP contribution >= 0.6 is 0 Å². The Morgan fingerprint density at radius 1 is 0.639 bits per heavy atom. The topological polar surface area (TPSA) is 185 Å². The number of rotatable bonds is 44. The Morgan fingerprint density at radius 2 is 1.25 bits per heavy atom. The van der Waals surface area contributed by atoms with Crippen LogP contribution in [-0.2, 0) is 42.9 Å². The summed E-state index contributed by atoms with van der Waals surface area (Å²) in [6.45, 7) is 16.1. The van der Waals surface area contributed by atoms with Crippen molar-refractivity contribution in [1.29, 1.82) is 0 Å². The van der Waals surface area contributed by atoms with Crippen LogP contribution in [0.1, 0.15) is 234 Å². The van der Waals surface area contributed by atoms with Crippen LogP contribution in [0.25, 0.3) is 0 Å². The summed E-state index contributed by atoms with van der Waals surface area (Å²) in [7, 11) is 1.63. The number of aliphatic hydroxyl groups excluding tert-OH is 1. The highest BCUT2D eigenvalue weighted by Gasteiger charge is 2.60. The summed E-state index contributed by atoms with van der Waals surface area (Å²) >= 11 is 0. The molecule has 4 unspecified atom stereocenters. The Hall–Kier alpha value is -3.11. The second kappa shape index (κ2) is 39.6. The molecule has 4 aliphatic carbocycles. The zero-order valence-corrected chi connectivity index (χ0v) is 53.5. The summed E-state index contributed by atoms with van der Waals surface area (Å²) < 4.78 is 22.0. The lowest BCUT2D eigenvalue weighted by molar-refractivity contribution is -0.140. The van der Waals surface area contributed by atoms with Gasteiger partial charge in [0.2, 0.25) is 29.5 Å². The SMILES string of the molecule is CCCCCCCC/C=C\CCCCCCCC(=O)N[C@H]1CC[C@@]2(C)C(CCC3C2CC[C@@]2(C)C3CC[C@@H]2[C@H](C)CCC(=O)N(CC(=O)NCCCCCC(=O)N2C[C@H](CO)C[C@H]2COC)CC(=O)NCCOCCOCCOCCC)C1. The summed E-state index contributed by atoms with van der Waals surface area (Å²) in [6.07, 6.45) is 38.0. The third-order valence-corrected chi connectivity index (χ3v) is 20.8. The molecule has 1 saturated heterocycles. The van der Waals surface area contributed by atoms with E-state index >= 15 is 0 Å². The minimum absolute atomic E-state index is 0.0105. The number of ether oxygens (including phenoxy) is 4. The van der Waals surface area contributed by atoms with Crippen molar-refractivity contribution in [2.24, 2.45) is 52.3 Å². The molecule has 5 aliphatic rings. The fraction of sp³-hybridized carbons (Fsp3) is 0.897. The van der Waals surface area contributed by atoms with Crippen molar-refractivity contribution in [3.05, 3.63) is 12.2 Å². The van der Waals surface area contributed by atoms with Gasteiger partial charge in [-0.1, -0.05) is 105 Å². The van der Waals surface area contributed by atoms with Crippen LogP contribution in [0, 0.1) is 52.3 Å². The number of carbonyl (C=O) groups is 5. The zero-order valence-electron chi connectivity index (χ0n) is 53.5. The summed E-state index contributed by atoms with van der Waals surface area (Å²) in [6, 6.07) is 0.298. The molecule has 83 heavy (non-hydrogen) atoms. The molecule has 0 spiro atoms. The van der Waals surface area contributed by atoms with Gasteiger partial charge in [-0.15, -0.1) is 0 Å². The van der Waals surface area contributed by atoms with Gasteiger partial charge in [0, 0.05) is 71.2 Å². The van der Waals surface area contributed by atoms with Crippen LogP contribution in [0.15, 0.2) is 12.2 Å². The Morgan fingerprint density at radius 3 is 1.94 bits per heavy atom. The van der Waals surface area contributed by atoms with Gasteiger partial charge in [0.1, 0.15) is 13.1 Å². The average molecular weight is 1170 g/mol. The van der Waals surface area contributed by atoms with Crippen molar-refractivity contribution in [1.82, 2.24) is 25.8 Å². The molecule has 1 heterocycles. The van der Waals surface area contributed by atoms with Gasteiger partial charge in [0.05, 0.1) is 45.7 Å². The van der Waals surface area contributed by atoms with Crippen LogP contribution in [0.4, 0.5) is 0 Å². The van der Waals surface area contributed by atoms with Crippen molar-refractivity contribution >= 4 is 29.5 Å². The Kier molecular flexibility index (Phi) is 33.7. The van der Waals surface area contributed by atoms with E-state index in [-0.39, 0.29) is 79.6 Å². The number of amides is 5. The van der Waals surface area contributed by atoms with E-state index in [9.17, 15) is 29.1 Å². The number of unbranched alkanes of at least 4 members (excludes halogenated alkanes) is 13. The molecular weight excluding hydrogens is 1050 g/mol. The molecule has 15 nitrogen and oxygen atoms in total. The van der Waals surface area contributed by atoms with E-state index in [1.165, 1.54) is 120 Å². The number of aliphatic hydroxyl groups is 1. The van der Waals surface area contributed by atoms with Crippen LogP contribution in [-0.4, -0.2) is 149 Å². The third-order valence-electron chi connectivity index (χ3n) is 20.8. The number of nitrogens with one attached hydrogen (secondary N) is 3. The van der Waals surface area contributed by atoms with Gasteiger partial charge in [-0.05, 0) is 168 Å². The fourth-order valence-corrected chi connectivity index (χ4v) is 16.1. The molecule has 5 amide bonds. The maximum atomic E-state index is 14.2. The largest absolute Gasteiger partial charge is 0.396 e. The molecule has 4 N–H and O–H groups in total. The summed E-state index contributed by atoms with van der Waals surface area (Å²) in [5, 5.41) is 19.0. The molecule has 478 valence electrons. The normalized spacial score (nSPS) is 27.0.